The van der Waals surface area contributed by atoms with Crippen molar-refractivity contribution in [3.8, 4) is 6.07 Å². The maximum Gasteiger partial charge on any atom is 0.101 e. The number of nitrogens with zero attached hydrogens (tertiary/aromatic N) is 2. The van der Waals surface area contributed by atoms with Crippen molar-refractivity contribution in [1.29, 1.82) is 5.26 Å². The van der Waals surface area contributed by atoms with E-state index in [2.05, 4.69) is 11.1 Å². The number of hydrogen-bond donors (Lipinski definition) is 0. The van der Waals surface area contributed by atoms with Gasteiger partial charge >= 0.3 is 0 Å². The van der Waals surface area contributed by atoms with Crippen LogP contribution in [-0.2, 0) is 0 Å². The van der Waals surface area contributed by atoms with E-state index in [1.165, 1.54) is 0 Å². The standard InChI is InChI=1S/C9H6N2/c10-5-7-6-11-9-4-2-1-3-8(7)9/h1-3,6H,4H2. The quantitative estimate of drug-likeness (QED) is 0.507. The van der Waals surface area contributed by atoms with Gasteiger partial charge < -0.3 is 0 Å². The first-order valence-electron chi connectivity index (χ1n) is 3.46. The Kier molecular flexibility index (Phi) is 1.23. The third-order valence-electron chi connectivity index (χ3n) is 1.78. The zero-order chi connectivity index (χ0) is 7.68. The average Bonchev–Trinajstić information content (AvgIpc) is 2.47. The molecule has 2 aliphatic rings. The van der Waals surface area contributed by atoms with Crippen LogP contribution in [0.1, 0.15) is 6.42 Å². The van der Waals surface area contributed by atoms with E-state index in [4.69, 9.17) is 5.26 Å². The van der Waals surface area contributed by atoms with Crippen LogP contribution in [0.25, 0.3) is 0 Å². The van der Waals surface area contributed by atoms with Gasteiger partial charge in [-0.1, -0.05) is 18.2 Å². The van der Waals surface area contributed by atoms with Gasteiger partial charge in [-0.25, -0.2) is 0 Å². The summed E-state index contributed by atoms with van der Waals surface area (Å²) in [4.78, 5) is 4.12. The van der Waals surface area contributed by atoms with Crippen molar-refractivity contribution >= 4 is 5.71 Å². The van der Waals surface area contributed by atoms with Crippen molar-refractivity contribution in [1.82, 2.24) is 0 Å². The van der Waals surface area contributed by atoms with E-state index in [0.29, 0.717) is 5.57 Å². The van der Waals surface area contributed by atoms with Crippen LogP contribution in [0.3, 0.4) is 0 Å². The molecule has 2 nitrogen and oxygen atoms in total. The summed E-state index contributed by atoms with van der Waals surface area (Å²) in [5.74, 6) is 0. The molecule has 1 heterocycles. The molecular formula is C9H6N2. The summed E-state index contributed by atoms with van der Waals surface area (Å²) in [6.07, 6.45) is 8.42. The highest BCUT2D eigenvalue weighted by Gasteiger charge is 2.16. The molecule has 0 aromatic heterocycles. The average molecular weight is 142 g/mol. The molecule has 1 aliphatic carbocycles. The monoisotopic (exact) mass is 142 g/mol. The predicted molar refractivity (Wildman–Crippen MR) is 43.0 cm³/mol. The second-order valence-corrected chi connectivity index (χ2v) is 2.44. The number of hydrogen-bond acceptors (Lipinski definition) is 2. The van der Waals surface area contributed by atoms with Gasteiger partial charge in [-0.2, -0.15) is 5.26 Å². The zero-order valence-corrected chi connectivity index (χ0v) is 5.91. The summed E-state index contributed by atoms with van der Waals surface area (Å²) in [5.41, 5.74) is 2.70. The van der Waals surface area contributed by atoms with Crippen LogP contribution >= 0.6 is 0 Å². The maximum atomic E-state index is 8.65. The molecule has 0 saturated heterocycles. The minimum Gasteiger partial charge on any atom is -0.259 e. The van der Waals surface area contributed by atoms with Crippen LogP contribution in [0, 0.1) is 11.3 Å². The van der Waals surface area contributed by atoms with Crippen molar-refractivity contribution in [2.24, 2.45) is 4.99 Å². The van der Waals surface area contributed by atoms with Crippen LogP contribution in [0.2, 0.25) is 0 Å². The molecule has 0 unspecified atom stereocenters. The van der Waals surface area contributed by atoms with Gasteiger partial charge in [-0.3, -0.25) is 4.99 Å². The van der Waals surface area contributed by atoms with Crippen molar-refractivity contribution < 1.29 is 0 Å². The lowest BCUT2D eigenvalue weighted by molar-refractivity contribution is 1.41. The molecule has 0 aromatic carbocycles. The second-order valence-electron chi connectivity index (χ2n) is 2.44. The van der Waals surface area contributed by atoms with Crippen molar-refractivity contribution in [2.45, 2.75) is 6.42 Å². The Labute approximate surface area is 64.9 Å². The Morgan fingerprint density at radius 3 is 3.27 bits per heavy atom. The molecule has 0 saturated carbocycles. The molecule has 0 bridgehead atoms. The maximum absolute atomic E-state index is 8.65. The largest absolute Gasteiger partial charge is 0.259 e. The lowest BCUT2D eigenvalue weighted by Crippen LogP contribution is -2.01. The van der Waals surface area contributed by atoms with E-state index in [1.807, 2.05) is 18.2 Å². The minimum atomic E-state index is 0.685. The first kappa shape index (κ1) is 6.11. The van der Waals surface area contributed by atoms with Gasteiger partial charge in [0.05, 0.1) is 11.3 Å². The SMILES string of the molecule is N#CC1=CN=C2CC=CC=C12. The summed E-state index contributed by atoms with van der Waals surface area (Å²) < 4.78 is 0. The van der Waals surface area contributed by atoms with Crippen LogP contribution in [-0.4, -0.2) is 5.71 Å². The molecule has 0 N–H and O–H groups in total. The van der Waals surface area contributed by atoms with Crippen LogP contribution in [0.4, 0.5) is 0 Å². The molecule has 0 amide bonds. The van der Waals surface area contributed by atoms with Crippen LogP contribution in [0.5, 0.6) is 0 Å². The highest BCUT2D eigenvalue weighted by atomic mass is 14.7. The topological polar surface area (TPSA) is 36.1 Å². The molecule has 11 heavy (non-hydrogen) atoms. The van der Waals surface area contributed by atoms with Gasteiger partial charge in [0, 0.05) is 18.2 Å². The third kappa shape index (κ3) is 0.821. The summed E-state index contributed by atoms with van der Waals surface area (Å²) >= 11 is 0. The molecule has 1 aliphatic heterocycles. The molecule has 2 heteroatoms. The molecule has 2 rings (SSSR count). The third-order valence-corrected chi connectivity index (χ3v) is 1.78. The highest BCUT2D eigenvalue weighted by molar-refractivity contribution is 6.09. The summed E-state index contributed by atoms with van der Waals surface area (Å²) in [5, 5.41) is 8.65. The molecule has 0 aromatic rings. The van der Waals surface area contributed by atoms with E-state index in [-0.39, 0.29) is 0 Å². The van der Waals surface area contributed by atoms with Crippen LogP contribution in [0.15, 0.2) is 40.6 Å². The van der Waals surface area contributed by atoms with Gasteiger partial charge in [0.2, 0.25) is 0 Å². The fourth-order valence-electron chi connectivity index (χ4n) is 1.22. The first-order chi connectivity index (χ1) is 5.42. The number of nitriles is 1. The predicted octanol–water partition coefficient (Wildman–Crippen LogP) is 1.73. The lowest BCUT2D eigenvalue weighted by Gasteiger charge is -2.03. The van der Waals surface area contributed by atoms with E-state index in [0.717, 1.165) is 17.7 Å². The van der Waals surface area contributed by atoms with Gasteiger partial charge in [0.1, 0.15) is 6.07 Å². The van der Waals surface area contributed by atoms with Crippen molar-refractivity contribution in [3.63, 3.8) is 0 Å². The van der Waals surface area contributed by atoms with E-state index >= 15 is 0 Å². The highest BCUT2D eigenvalue weighted by Crippen LogP contribution is 2.23. The second kappa shape index (κ2) is 2.21. The Morgan fingerprint density at radius 2 is 2.45 bits per heavy atom. The molecule has 0 fully saturated rings. The van der Waals surface area contributed by atoms with E-state index in [1.54, 1.807) is 6.20 Å². The fraction of sp³-hybridized carbons (Fsp3) is 0.111. The number of aliphatic imine (C=N–C) groups is 1. The van der Waals surface area contributed by atoms with Crippen molar-refractivity contribution in [3.05, 3.63) is 35.6 Å². The molecule has 52 valence electrons. The summed E-state index contributed by atoms with van der Waals surface area (Å²) in [7, 11) is 0. The normalized spacial score (nSPS) is 19.7. The van der Waals surface area contributed by atoms with E-state index in [9.17, 15) is 0 Å². The Bertz CT molecular complexity index is 348. The van der Waals surface area contributed by atoms with Gasteiger partial charge in [0.25, 0.3) is 0 Å². The van der Waals surface area contributed by atoms with Gasteiger partial charge in [-0.15, -0.1) is 0 Å². The summed E-state index contributed by atoms with van der Waals surface area (Å²) in [6, 6.07) is 2.11. The molecule has 0 atom stereocenters. The Balaban J connectivity index is 2.45. The number of fused-ring (bicyclic) bond motifs is 1. The molecule has 0 spiro atoms. The van der Waals surface area contributed by atoms with Crippen molar-refractivity contribution in [2.75, 3.05) is 0 Å². The number of rotatable bonds is 0. The fourth-order valence-corrected chi connectivity index (χ4v) is 1.22. The zero-order valence-electron chi connectivity index (χ0n) is 5.91. The Hall–Kier alpha value is -1.62. The molecule has 0 radical (unpaired) electrons. The van der Waals surface area contributed by atoms with E-state index < -0.39 is 0 Å². The van der Waals surface area contributed by atoms with Gasteiger partial charge in [0.15, 0.2) is 0 Å². The summed E-state index contributed by atoms with van der Waals surface area (Å²) in [6.45, 7) is 0. The van der Waals surface area contributed by atoms with Crippen LogP contribution < -0.4 is 0 Å². The van der Waals surface area contributed by atoms with Gasteiger partial charge in [-0.05, 0) is 0 Å². The first-order valence-corrected chi connectivity index (χ1v) is 3.46. The lowest BCUT2D eigenvalue weighted by atomic mass is 9.99. The minimum absolute atomic E-state index is 0.685. The molecular weight excluding hydrogens is 136 g/mol. The Morgan fingerprint density at radius 1 is 1.55 bits per heavy atom. The smallest absolute Gasteiger partial charge is 0.101 e. The number of allylic oxidation sites excluding steroid dienone is 5.